The number of halogens is 1. The van der Waals surface area contributed by atoms with E-state index < -0.39 is 10.6 Å². The third-order valence-corrected chi connectivity index (χ3v) is 2.78. The second kappa shape index (κ2) is 6.29. The minimum absolute atomic E-state index is 0.111. The predicted octanol–water partition coefficient (Wildman–Crippen LogP) is 3.34. The molecule has 0 bridgehead atoms. The van der Waals surface area contributed by atoms with E-state index in [1.54, 1.807) is 31.2 Å². The smallest absolute Gasteiger partial charge is 0.392 e. The molecule has 20 heavy (non-hydrogen) atoms. The molecule has 104 valence electrons. The summed E-state index contributed by atoms with van der Waals surface area (Å²) in [6, 6.07) is 6.84. The molecule has 0 amide bonds. The van der Waals surface area contributed by atoms with Crippen LogP contribution in [0.25, 0.3) is 0 Å². The minimum Gasteiger partial charge on any atom is -0.473 e. The molecule has 2 aromatic rings. The first-order chi connectivity index (χ1) is 9.61. The van der Waals surface area contributed by atoms with E-state index in [-0.39, 0.29) is 18.4 Å². The van der Waals surface area contributed by atoms with Crippen LogP contribution in [0.15, 0.2) is 35.1 Å². The van der Waals surface area contributed by atoms with Crippen LogP contribution in [-0.4, -0.2) is 21.5 Å². The number of hydrogen-bond acceptors (Lipinski definition) is 6. The topological polar surface area (TPSA) is 87.4 Å². The van der Waals surface area contributed by atoms with Gasteiger partial charge in [-0.15, -0.1) is 0 Å². The van der Waals surface area contributed by atoms with Crippen molar-refractivity contribution in [2.75, 3.05) is 6.61 Å². The zero-order valence-electron chi connectivity index (χ0n) is 10.4. The Morgan fingerprint density at radius 1 is 1.25 bits per heavy atom. The lowest BCUT2D eigenvalue weighted by molar-refractivity contribution is -0.387. The van der Waals surface area contributed by atoms with Gasteiger partial charge >= 0.3 is 17.4 Å². The summed E-state index contributed by atoms with van der Waals surface area (Å²) in [7, 11) is 0. The van der Waals surface area contributed by atoms with Crippen molar-refractivity contribution in [2.24, 2.45) is 0 Å². The SMILES string of the molecule is CCOc1ncnc(Oc2ccc(Br)cc2)c1[N+](=O)[O-]. The number of nitrogens with zero attached hydrogens (tertiary/aromatic N) is 3. The van der Waals surface area contributed by atoms with Crippen LogP contribution in [0.3, 0.4) is 0 Å². The van der Waals surface area contributed by atoms with Crippen LogP contribution >= 0.6 is 15.9 Å². The van der Waals surface area contributed by atoms with Crippen molar-refractivity contribution >= 4 is 21.6 Å². The van der Waals surface area contributed by atoms with Crippen molar-refractivity contribution in [1.82, 2.24) is 9.97 Å². The van der Waals surface area contributed by atoms with Gasteiger partial charge in [-0.25, -0.2) is 0 Å². The summed E-state index contributed by atoms with van der Waals surface area (Å²) in [5.41, 5.74) is -0.391. The molecule has 0 saturated heterocycles. The van der Waals surface area contributed by atoms with Gasteiger partial charge in [-0.3, -0.25) is 10.1 Å². The molecule has 1 aromatic heterocycles. The second-order valence-corrected chi connectivity index (χ2v) is 4.49. The van der Waals surface area contributed by atoms with Gasteiger partial charge in [-0.05, 0) is 31.2 Å². The van der Waals surface area contributed by atoms with Crippen molar-refractivity contribution in [3.8, 4) is 17.5 Å². The maximum atomic E-state index is 11.1. The van der Waals surface area contributed by atoms with Crippen molar-refractivity contribution in [3.63, 3.8) is 0 Å². The van der Waals surface area contributed by atoms with Crippen molar-refractivity contribution in [1.29, 1.82) is 0 Å². The van der Waals surface area contributed by atoms with Crippen LogP contribution in [0.2, 0.25) is 0 Å². The van der Waals surface area contributed by atoms with Gasteiger partial charge < -0.3 is 9.47 Å². The maximum absolute atomic E-state index is 11.1. The molecule has 0 N–H and O–H groups in total. The fourth-order valence-electron chi connectivity index (χ4n) is 1.43. The van der Waals surface area contributed by atoms with Crippen LogP contribution in [0, 0.1) is 10.1 Å². The first kappa shape index (κ1) is 14.2. The van der Waals surface area contributed by atoms with Gasteiger partial charge in [-0.1, -0.05) is 15.9 Å². The highest BCUT2D eigenvalue weighted by Crippen LogP contribution is 2.35. The van der Waals surface area contributed by atoms with E-state index >= 15 is 0 Å². The van der Waals surface area contributed by atoms with Gasteiger partial charge in [0.2, 0.25) is 0 Å². The largest absolute Gasteiger partial charge is 0.473 e. The van der Waals surface area contributed by atoms with Gasteiger partial charge in [0.15, 0.2) is 0 Å². The quantitative estimate of drug-likeness (QED) is 0.613. The van der Waals surface area contributed by atoms with Crippen LogP contribution in [-0.2, 0) is 0 Å². The first-order valence-electron chi connectivity index (χ1n) is 5.67. The lowest BCUT2D eigenvalue weighted by Crippen LogP contribution is -2.03. The molecule has 0 aliphatic carbocycles. The molecule has 2 rings (SSSR count). The lowest BCUT2D eigenvalue weighted by atomic mass is 10.3. The molecule has 0 spiro atoms. The van der Waals surface area contributed by atoms with E-state index in [0.29, 0.717) is 5.75 Å². The molecule has 0 unspecified atom stereocenters. The Morgan fingerprint density at radius 3 is 2.50 bits per heavy atom. The number of rotatable bonds is 5. The summed E-state index contributed by atoms with van der Waals surface area (Å²) in [4.78, 5) is 18.0. The van der Waals surface area contributed by atoms with Gasteiger partial charge in [0.1, 0.15) is 12.1 Å². The molecule has 1 heterocycles. The fourth-order valence-corrected chi connectivity index (χ4v) is 1.70. The highest BCUT2D eigenvalue weighted by Gasteiger charge is 2.26. The lowest BCUT2D eigenvalue weighted by Gasteiger charge is -2.07. The fraction of sp³-hybridized carbons (Fsp3) is 0.167. The number of benzene rings is 1. The Kier molecular flexibility index (Phi) is 4.46. The summed E-state index contributed by atoms with van der Waals surface area (Å²) in [6.45, 7) is 1.97. The Bertz CT molecular complexity index is 619. The molecule has 1 aromatic carbocycles. The standard InChI is InChI=1S/C12H10BrN3O4/c1-2-19-11-10(16(17)18)12(15-7-14-11)20-9-5-3-8(13)4-6-9/h3-7H,2H2,1H3. The zero-order chi connectivity index (χ0) is 14.5. The average molecular weight is 340 g/mol. The van der Waals surface area contributed by atoms with Crippen molar-refractivity contribution in [2.45, 2.75) is 6.92 Å². The Morgan fingerprint density at radius 2 is 1.90 bits per heavy atom. The van der Waals surface area contributed by atoms with Crippen LogP contribution in [0.5, 0.6) is 17.5 Å². The zero-order valence-corrected chi connectivity index (χ0v) is 12.0. The van der Waals surface area contributed by atoms with Crippen LogP contribution in [0.4, 0.5) is 5.69 Å². The van der Waals surface area contributed by atoms with Gasteiger partial charge in [0, 0.05) is 4.47 Å². The van der Waals surface area contributed by atoms with E-state index in [9.17, 15) is 10.1 Å². The van der Waals surface area contributed by atoms with E-state index in [4.69, 9.17) is 9.47 Å². The van der Waals surface area contributed by atoms with Crippen LogP contribution in [0.1, 0.15) is 6.92 Å². The van der Waals surface area contributed by atoms with E-state index in [1.165, 1.54) is 0 Å². The summed E-state index contributed by atoms with van der Waals surface area (Å²) in [5, 5.41) is 11.1. The molecular formula is C12H10BrN3O4. The highest BCUT2D eigenvalue weighted by molar-refractivity contribution is 9.10. The summed E-state index contributed by atoms with van der Waals surface area (Å²) in [6.07, 6.45) is 1.16. The Hall–Kier alpha value is -2.22. The molecule has 0 saturated carbocycles. The van der Waals surface area contributed by atoms with E-state index in [1.807, 2.05) is 0 Å². The summed E-state index contributed by atoms with van der Waals surface area (Å²) >= 11 is 3.29. The maximum Gasteiger partial charge on any atom is 0.392 e. The number of hydrogen-bond donors (Lipinski definition) is 0. The first-order valence-corrected chi connectivity index (χ1v) is 6.46. The molecule has 8 heteroatoms. The Labute approximate surface area is 122 Å². The van der Waals surface area contributed by atoms with Crippen molar-refractivity contribution < 1.29 is 14.4 Å². The molecule has 7 nitrogen and oxygen atoms in total. The number of ether oxygens (including phenoxy) is 2. The number of aromatic nitrogens is 2. The third-order valence-electron chi connectivity index (χ3n) is 2.25. The van der Waals surface area contributed by atoms with Gasteiger partial charge in [0.25, 0.3) is 0 Å². The molecular weight excluding hydrogens is 330 g/mol. The van der Waals surface area contributed by atoms with Crippen LogP contribution < -0.4 is 9.47 Å². The summed E-state index contributed by atoms with van der Waals surface area (Å²) < 4.78 is 11.4. The monoisotopic (exact) mass is 339 g/mol. The highest BCUT2D eigenvalue weighted by atomic mass is 79.9. The van der Waals surface area contributed by atoms with E-state index in [2.05, 4.69) is 25.9 Å². The molecule has 0 aliphatic rings. The second-order valence-electron chi connectivity index (χ2n) is 3.58. The average Bonchev–Trinajstić information content (AvgIpc) is 2.41. The molecule has 0 fully saturated rings. The Balaban J connectivity index is 2.37. The predicted molar refractivity (Wildman–Crippen MR) is 74.1 cm³/mol. The third kappa shape index (κ3) is 3.21. The summed E-state index contributed by atoms with van der Waals surface area (Å²) in [5.74, 6) is 0.160. The van der Waals surface area contributed by atoms with E-state index in [0.717, 1.165) is 10.8 Å². The van der Waals surface area contributed by atoms with Gasteiger partial charge in [-0.2, -0.15) is 9.97 Å². The number of nitro groups is 1. The van der Waals surface area contributed by atoms with Crippen molar-refractivity contribution in [3.05, 3.63) is 45.2 Å². The molecule has 0 atom stereocenters. The molecule has 0 aliphatic heterocycles. The normalized spacial score (nSPS) is 10.1. The molecule has 0 radical (unpaired) electrons. The van der Waals surface area contributed by atoms with Gasteiger partial charge in [0.05, 0.1) is 11.5 Å². The minimum atomic E-state index is -0.626.